The van der Waals surface area contributed by atoms with E-state index in [-0.39, 0.29) is 10.0 Å². The highest BCUT2D eigenvalue weighted by molar-refractivity contribution is 9.10. The van der Waals surface area contributed by atoms with E-state index in [4.69, 9.17) is 0 Å². The van der Waals surface area contributed by atoms with Crippen LogP contribution in [0, 0.1) is 11.6 Å². The first-order valence-electron chi connectivity index (χ1n) is 6.75. The summed E-state index contributed by atoms with van der Waals surface area (Å²) in [5.41, 5.74) is 0.599. The summed E-state index contributed by atoms with van der Waals surface area (Å²) in [5, 5.41) is 3.07. The topological polar surface area (TPSA) is 12.0 Å². The predicted octanol–water partition coefficient (Wildman–Crippen LogP) is 4.97. The Morgan fingerprint density at radius 1 is 1.05 bits per heavy atom. The van der Waals surface area contributed by atoms with Crippen molar-refractivity contribution in [2.24, 2.45) is 0 Å². The summed E-state index contributed by atoms with van der Waals surface area (Å²) in [5.74, 6) is -1.10. The Balaban J connectivity index is 2.57. The third-order valence-electron chi connectivity index (χ3n) is 3.90. The van der Waals surface area contributed by atoms with Crippen LogP contribution in [0.2, 0.25) is 0 Å². The maximum Gasteiger partial charge on any atom is 0.145 e. The lowest BCUT2D eigenvalue weighted by atomic mass is 9.74. The highest BCUT2D eigenvalue weighted by Gasteiger charge is 2.35. The van der Waals surface area contributed by atoms with E-state index in [1.807, 2.05) is 44.2 Å². The molecule has 2 rings (SSSR count). The second-order valence-electron chi connectivity index (χ2n) is 5.57. The number of hydrogen-bond acceptors (Lipinski definition) is 1. The van der Waals surface area contributed by atoms with Gasteiger partial charge in [0, 0.05) is 17.0 Å². The fourth-order valence-corrected chi connectivity index (χ4v) is 3.05. The van der Waals surface area contributed by atoms with Gasteiger partial charge in [0.05, 0.1) is 4.47 Å². The van der Waals surface area contributed by atoms with Gasteiger partial charge >= 0.3 is 0 Å². The average molecular weight is 354 g/mol. The Bertz CT molecular complexity index is 626. The van der Waals surface area contributed by atoms with Crippen LogP contribution < -0.4 is 5.32 Å². The summed E-state index contributed by atoms with van der Waals surface area (Å²) in [4.78, 5) is 0. The normalized spacial score (nSPS) is 13.2. The maximum absolute atomic E-state index is 14.4. The van der Waals surface area contributed by atoms with Gasteiger partial charge < -0.3 is 5.32 Å². The molecule has 2 aromatic rings. The van der Waals surface area contributed by atoms with E-state index in [2.05, 4.69) is 21.2 Å². The van der Waals surface area contributed by atoms with Gasteiger partial charge in [-0.3, -0.25) is 0 Å². The SMILES string of the molecule is CNC(c1c(F)ccc(Br)c1F)C(C)(C)c1ccccc1. The van der Waals surface area contributed by atoms with Crippen LogP contribution in [0.1, 0.15) is 31.0 Å². The quantitative estimate of drug-likeness (QED) is 0.765. The molecule has 0 aromatic heterocycles. The van der Waals surface area contributed by atoms with E-state index in [0.717, 1.165) is 5.56 Å². The van der Waals surface area contributed by atoms with Crippen LogP contribution in [-0.2, 0) is 5.41 Å². The monoisotopic (exact) mass is 353 g/mol. The van der Waals surface area contributed by atoms with Crippen LogP contribution in [-0.4, -0.2) is 7.05 Å². The summed E-state index contributed by atoms with van der Waals surface area (Å²) in [6.45, 7) is 3.95. The standard InChI is InChI=1S/C17H18BrF2N/c1-17(2,11-7-5-4-6-8-11)16(21-3)14-13(19)10-9-12(18)15(14)20/h4-10,16,21H,1-3H3. The van der Waals surface area contributed by atoms with Crippen LogP contribution in [0.4, 0.5) is 8.78 Å². The summed E-state index contributed by atoms with van der Waals surface area (Å²) in [7, 11) is 1.72. The Kier molecular flexibility index (Phi) is 4.79. The van der Waals surface area contributed by atoms with Crippen molar-refractivity contribution in [3.63, 3.8) is 0 Å². The minimum absolute atomic E-state index is 0.0562. The van der Waals surface area contributed by atoms with Gasteiger partial charge in [-0.1, -0.05) is 44.2 Å². The molecule has 0 aliphatic rings. The number of hydrogen-bond donors (Lipinski definition) is 1. The van der Waals surface area contributed by atoms with Gasteiger partial charge in [-0.15, -0.1) is 0 Å². The lowest BCUT2D eigenvalue weighted by molar-refractivity contribution is 0.344. The molecule has 0 aliphatic carbocycles. The maximum atomic E-state index is 14.4. The average Bonchev–Trinajstić information content (AvgIpc) is 2.48. The minimum atomic E-state index is -0.557. The molecule has 0 fully saturated rings. The Morgan fingerprint density at radius 2 is 1.67 bits per heavy atom. The molecular weight excluding hydrogens is 336 g/mol. The lowest BCUT2D eigenvalue weighted by Gasteiger charge is -2.35. The Morgan fingerprint density at radius 3 is 2.24 bits per heavy atom. The second-order valence-corrected chi connectivity index (χ2v) is 6.42. The van der Waals surface area contributed by atoms with E-state index >= 15 is 0 Å². The number of likely N-dealkylation sites (N-methyl/N-ethyl adjacent to an activating group) is 1. The van der Waals surface area contributed by atoms with E-state index in [1.165, 1.54) is 12.1 Å². The summed E-state index contributed by atoms with van der Waals surface area (Å²) >= 11 is 3.13. The molecule has 0 saturated heterocycles. The molecule has 1 atom stereocenters. The number of halogens is 3. The van der Waals surface area contributed by atoms with Crippen LogP contribution >= 0.6 is 15.9 Å². The third kappa shape index (κ3) is 3.01. The molecule has 0 radical (unpaired) electrons. The van der Waals surface area contributed by atoms with Gasteiger partial charge in [0.25, 0.3) is 0 Å². The van der Waals surface area contributed by atoms with Gasteiger partial charge in [-0.25, -0.2) is 8.78 Å². The van der Waals surface area contributed by atoms with Crippen molar-refractivity contribution in [3.8, 4) is 0 Å². The molecule has 21 heavy (non-hydrogen) atoms. The number of rotatable bonds is 4. The fraction of sp³-hybridized carbons (Fsp3) is 0.294. The minimum Gasteiger partial charge on any atom is -0.312 e. The van der Waals surface area contributed by atoms with Gasteiger partial charge in [-0.05, 0) is 40.7 Å². The van der Waals surface area contributed by atoms with Gasteiger partial charge in [0.2, 0.25) is 0 Å². The summed E-state index contributed by atoms with van der Waals surface area (Å²) in [6, 6.07) is 11.9. The van der Waals surface area contributed by atoms with Crippen LogP contribution in [0.5, 0.6) is 0 Å². The van der Waals surface area contributed by atoms with Gasteiger partial charge in [0.15, 0.2) is 0 Å². The molecule has 4 heteroatoms. The van der Waals surface area contributed by atoms with Gasteiger partial charge in [-0.2, -0.15) is 0 Å². The number of benzene rings is 2. The highest BCUT2D eigenvalue weighted by Crippen LogP contribution is 2.39. The van der Waals surface area contributed by atoms with Crippen molar-refractivity contribution < 1.29 is 8.78 Å². The van der Waals surface area contributed by atoms with E-state index in [9.17, 15) is 8.78 Å². The molecule has 0 heterocycles. The van der Waals surface area contributed by atoms with Gasteiger partial charge in [0.1, 0.15) is 11.6 Å². The van der Waals surface area contributed by atoms with E-state index < -0.39 is 23.1 Å². The third-order valence-corrected chi connectivity index (χ3v) is 4.51. The van der Waals surface area contributed by atoms with Crippen LogP contribution in [0.3, 0.4) is 0 Å². The largest absolute Gasteiger partial charge is 0.312 e. The molecule has 0 saturated carbocycles. The van der Waals surface area contributed by atoms with Crippen LogP contribution in [0.15, 0.2) is 46.9 Å². The lowest BCUT2D eigenvalue weighted by Crippen LogP contribution is -2.37. The smallest absolute Gasteiger partial charge is 0.145 e. The second kappa shape index (κ2) is 6.24. The van der Waals surface area contributed by atoms with Crippen molar-refractivity contribution in [2.75, 3.05) is 7.05 Å². The zero-order valence-electron chi connectivity index (χ0n) is 12.3. The van der Waals surface area contributed by atoms with Crippen molar-refractivity contribution >= 4 is 15.9 Å². The zero-order chi connectivity index (χ0) is 15.6. The number of nitrogens with one attached hydrogen (secondary N) is 1. The van der Waals surface area contributed by atoms with Crippen molar-refractivity contribution in [1.82, 2.24) is 5.32 Å². The molecule has 1 nitrogen and oxygen atoms in total. The molecule has 0 amide bonds. The Labute approximate surface area is 132 Å². The molecule has 0 bridgehead atoms. The molecular formula is C17H18BrF2N. The molecule has 2 aromatic carbocycles. The predicted molar refractivity (Wildman–Crippen MR) is 85.3 cm³/mol. The van der Waals surface area contributed by atoms with Crippen molar-refractivity contribution in [2.45, 2.75) is 25.3 Å². The summed E-state index contributed by atoms with van der Waals surface area (Å²) < 4.78 is 28.9. The first-order valence-corrected chi connectivity index (χ1v) is 7.55. The van der Waals surface area contributed by atoms with Crippen molar-refractivity contribution in [3.05, 3.63) is 69.7 Å². The molecule has 0 spiro atoms. The summed E-state index contributed by atoms with van der Waals surface area (Å²) in [6.07, 6.45) is 0. The first-order chi connectivity index (χ1) is 9.89. The van der Waals surface area contributed by atoms with Crippen LogP contribution in [0.25, 0.3) is 0 Å². The van der Waals surface area contributed by atoms with E-state index in [0.29, 0.717) is 0 Å². The highest BCUT2D eigenvalue weighted by atomic mass is 79.9. The molecule has 0 aliphatic heterocycles. The van der Waals surface area contributed by atoms with Crippen molar-refractivity contribution in [1.29, 1.82) is 0 Å². The fourth-order valence-electron chi connectivity index (χ4n) is 2.71. The zero-order valence-corrected chi connectivity index (χ0v) is 13.8. The first kappa shape index (κ1) is 16.1. The molecule has 1 N–H and O–H groups in total. The molecule has 1 unspecified atom stereocenters. The Hall–Kier alpha value is -1.26. The van der Waals surface area contributed by atoms with E-state index in [1.54, 1.807) is 7.05 Å². The molecule has 112 valence electrons.